The van der Waals surface area contributed by atoms with Gasteiger partial charge < -0.3 is 14.9 Å². The fraction of sp³-hybridized carbons (Fsp3) is 0.667. The molecule has 3 N–H and O–H groups in total. The third-order valence-corrected chi connectivity index (χ3v) is 2.82. The molecule has 0 amide bonds. The van der Waals surface area contributed by atoms with E-state index in [2.05, 4.69) is 4.98 Å². The first-order valence-corrected chi connectivity index (χ1v) is 5.17. The van der Waals surface area contributed by atoms with Crippen molar-refractivity contribution in [1.29, 1.82) is 5.41 Å². The first kappa shape index (κ1) is 12.0. The van der Waals surface area contributed by atoms with Gasteiger partial charge in [-0.25, -0.2) is 9.78 Å². The van der Waals surface area contributed by atoms with Gasteiger partial charge in [-0.2, -0.15) is 0 Å². The molecule has 17 heavy (non-hydrogen) atoms. The van der Waals surface area contributed by atoms with E-state index < -0.39 is 24.1 Å². The summed E-state index contributed by atoms with van der Waals surface area (Å²) >= 11 is 0. The normalized spacial score (nSPS) is 28.5. The lowest BCUT2D eigenvalue weighted by Gasteiger charge is -2.14. The molecule has 1 aromatic rings. The van der Waals surface area contributed by atoms with E-state index in [9.17, 15) is 9.90 Å². The van der Waals surface area contributed by atoms with Gasteiger partial charge in [-0.3, -0.25) is 14.5 Å². The summed E-state index contributed by atoms with van der Waals surface area (Å²) in [6.07, 6.45) is -0.730. The highest BCUT2D eigenvalue weighted by Crippen LogP contribution is 2.26. The molecular formula is C9H14N4O4. The highest BCUT2D eigenvalue weighted by atomic mass is 16.5. The number of hydrogen-bond donors (Lipinski definition) is 3. The maximum absolute atomic E-state index is 11.8. The molecule has 8 nitrogen and oxygen atoms in total. The predicted molar refractivity (Wildman–Crippen MR) is 54.9 cm³/mol. The Morgan fingerprint density at radius 2 is 2.41 bits per heavy atom. The number of nitrogens with one attached hydrogen (secondary N) is 1. The lowest BCUT2D eigenvalue weighted by molar-refractivity contribution is -0.0467. The first-order valence-electron chi connectivity index (χ1n) is 5.17. The fourth-order valence-electron chi connectivity index (χ4n) is 1.76. The minimum absolute atomic E-state index is 0.150. The summed E-state index contributed by atoms with van der Waals surface area (Å²) in [4.78, 5) is 15.5. The Hall–Kier alpha value is -1.51. The highest BCUT2D eigenvalue weighted by Gasteiger charge is 2.35. The Labute approximate surface area is 96.2 Å². The van der Waals surface area contributed by atoms with Crippen molar-refractivity contribution in [2.75, 3.05) is 6.61 Å². The maximum atomic E-state index is 11.8. The van der Waals surface area contributed by atoms with Crippen molar-refractivity contribution in [2.24, 2.45) is 7.05 Å². The van der Waals surface area contributed by atoms with Gasteiger partial charge in [0.25, 0.3) is 0 Å². The van der Waals surface area contributed by atoms with Crippen LogP contribution in [0.5, 0.6) is 0 Å². The standard InChI is InChI=1S/C9H14N4O4/c1-12-8(10)11-4-13(9(12)16)7-2-5(15)6(3-14)17-7/h4-7,10,14-15H,2-3H2,1H3/t5-,6-,7-/m1/s1. The Balaban J connectivity index is 2.34. The van der Waals surface area contributed by atoms with Crippen molar-refractivity contribution in [3.63, 3.8) is 0 Å². The van der Waals surface area contributed by atoms with Gasteiger partial charge in [0.2, 0.25) is 5.62 Å². The zero-order chi connectivity index (χ0) is 12.6. The quantitative estimate of drug-likeness (QED) is 0.540. The molecule has 2 heterocycles. The maximum Gasteiger partial charge on any atom is 0.333 e. The zero-order valence-electron chi connectivity index (χ0n) is 9.28. The molecule has 0 aliphatic carbocycles. The third kappa shape index (κ3) is 2.02. The molecule has 0 saturated carbocycles. The van der Waals surface area contributed by atoms with Crippen LogP contribution in [0.4, 0.5) is 0 Å². The van der Waals surface area contributed by atoms with E-state index in [1.165, 1.54) is 17.9 Å². The van der Waals surface area contributed by atoms with Crippen molar-refractivity contribution in [3.8, 4) is 0 Å². The van der Waals surface area contributed by atoms with Crippen LogP contribution >= 0.6 is 0 Å². The van der Waals surface area contributed by atoms with Gasteiger partial charge >= 0.3 is 5.69 Å². The van der Waals surface area contributed by atoms with E-state index in [-0.39, 0.29) is 18.6 Å². The van der Waals surface area contributed by atoms with Crippen LogP contribution in [-0.2, 0) is 11.8 Å². The molecule has 8 heteroatoms. The number of aliphatic hydroxyl groups is 2. The van der Waals surface area contributed by atoms with E-state index in [0.717, 1.165) is 4.57 Å². The van der Waals surface area contributed by atoms with Gasteiger partial charge in [-0.05, 0) is 0 Å². The Bertz CT molecular complexity index is 522. The average Bonchev–Trinajstić information content (AvgIpc) is 2.67. The van der Waals surface area contributed by atoms with Gasteiger partial charge in [0.1, 0.15) is 18.7 Å². The Morgan fingerprint density at radius 1 is 1.71 bits per heavy atom. The fourth-order valence-corrected chi connectivity index (χ4v) is 1.76. The summed E-state index contributed by atoms with van der Waals surface area (Å²) in [6, 6.07) is 0. The van der Waals surface area contributed by atoms with Crippen LogP contribution in [0.3, 0.4) is 0 Å². The molecule has 0 unspecified atom stereocenters. The summed E-state index contributed by atoms with van der Waals surface area (Å²) in [6.45, 7) is -0.303. The number of aliphatic hydroxyl groups excluding tert-OH is 2. The number of aromatic nitrogens is 3. The lowest BCUT2D eigenvalue weighted by Crippen LogP contribution is -2.40. The van der Waals surface area contributed by atoms with Crippen LogP contribution in [0.1, 0.15) is 12.6 Å². The van der Waals surface area contributed by atoms with E-state index >= 15 is 0 Å². The monoisotopic (exact) mass is 242 g/mol. The molecule has 0 bridgehead atoms. The second-order valence-corrected chi connectivity index (χ2v) is 3.93. The number of ether oxygens (including phenoxy) is 1. The van der Waals surface area contributed by atoms with Crippen molar-refractivity contribution in [3.05, 3.63) is 22.4 Å². The SMILES string of the molecule is Cn1c(=N)ncn([C@H]2C[C@@H](O)[C@@H](CO)O2)c1=O. The molecule has 1 fully saturated rings. The Morgan fingerprint density at radius 3 is 3.00 bits per heavy atom. The summed E-state index contributed by atoms with van der Waals surface area (Å²) < 4.78 is 7.61. The molecule has 0 spiro atoms. The Kier molecular flexibility index (Phi) is 3.09. The summed E-state index contributed by atoms with van der Waals surface area (Å²) in [5.41, 5.74) is -0.593. The van der Waals surface area contributed by atoms with Gasteiger partial charge in [-0.15, -0.1) is 0 Å². The van der Waals surface area contributed by atoms with Crippen molar-refractivity contribution < 1.29 is 14.9 Å². The molecule has 1 saturated heterocycles. The molecule has 0 aromatic carbocycles. The number of nitrogens with zero attached hydrogens (tertiary/aromatic N) is 3. The van der Waals surface area contributed by atoms with Gasteiger partial charge in [-0.1, -0.05) is 0 Å². The topological polar surface area (TPSA) is 113 Å². The van der Waals surface area contributed by atoms with Crippen LogP contribution < -0.4 is 11.3 Å². The largest absolute Gasteiger partial charge is 0.394 e. The van der Waals surface area contributed by atoms with E-state index in [1.807, 2.05) is 0 Å². The smallest absolute Gasteiger partial charge is 0.333 e. The molecule has 1 aromatic heterocycles. The summed E-state index contributed by atoms with van der Waals surface area (Å²) in [5.74, 6) is 0. The average molecular weight is 242 g/mol. The van der Waals surface area contributed by atoms with Crippen molar-refractivity contribution in [1.82, 2.24) is 14.1 Å². The second-order valence-electron chi connectivity index (χ2n) is 3.93. The minimum atomic E-state index is -0.808. The van der Waals surface area contributed by atoms with Crippen LogP contribution in [0, 0.1) is 5.41 Å². The molecule has 0 radical (unpaired) electrons. The van der Waals surface area contributed by atoms with Crippen LogP contribution in [-0.4, -0.2) is 43.1 Å². The molecule has 1 aliphatic heterocycles. The molecule has 94 valence electrons. The molecule has 2 rings (SSSR count). The number of hydrogen-bond acceptors (Lipinski definition) is 6. The van der Waals surface area contributed by atoms with Gasteiger partial charge in [0.05, 0.1) is 12.7 Å². The molecule has 3 atom stereocenters. The van der Waals surface area contributed by atoms with Crippen LogP contribution in [0.2, 0.25) is 0 Å². The predicted octanol–water partition coefficient (Wildman–Crippen LogP) is -2.30. The lowest BCUT2D eigenvalue weighted by atomic mass is 10.2. The van der Waals surface area contributed by atoms with E-state index in [4.69, 9.17) is 15.3 Å². The van der Waals surface area contributed by atoms with Crippen molar-refractivity contribution in [2.45, 2.75) is 24.9 Å². The second kappa shape index (κ2) is 4.40. The van der Waals surface area contributed by atoms with E-state index in [1.54, 1.807) is 0 Å². The minimum Gasteiger partial charge on any atom is -0.394 e. The number of rotatable bonds is 2. The summed E-state index contributed by atoms with van der Waals surface area (Å²) in [7, 11) is 1.43. The molecular weight excluding hydrogens is 228 g/mol. The summed E-state index contributed by atoms with van der Waals surface area (Å²) in [5, 5.41) is 25.9. The van der Waals surface area contributed by atoms with Gasteiger partial charge in [0.15, 0.2) is 0 Å². The highest BCUT2D eigenvalue weighted by molar-refractivity contribution is 4.83. The van der Waals surface area contributed by atoms with Crippen LogP contribution in [0.15, 0.2) is 11.1 Å². The van der Waals surface area contributed by atoms with Crippen molar-refractivity contribution >= 4 is 0 Å². The molecule has 1 aliphatic rings. The van der Waals surface area contributed by atoms with Gasteiger partial charge in [0, 0.05) is 13.5 Å². The third-order valence-electron chi connectivity index (χ3n) is 2.82. The zero-order valence-corrected chi connectivity index (χ0v) is 9.28. The first-order chi connectivity index (χ1) is 8.04. The van der Waals surface area contributed by atoms with Crippen LogP contribution in [0.25, 0.3) is 0 Å². The van der Waals surface area contributed by atoms with E-state index in [0.29, 0.717) is 0 Å².